The summed E-state index contributed by atoms with van der Waals surface area (Å²) < 4.78 is 0. The molecular weight excluding hydrogens is 283 g/mol. The molecule has 3 N–H and O–H groups in total. The second kappa shape index (κ2) is 6.60. The van der Waals surface area contributed by atoms with Crippen molar-refractivity contribution in [2.24, 2.45) is 11.7 Å². The number of carbonyl (C=O) groups is 1. The minimum atomic E-state index is 0.0788. The van der Waals surface area contributed by atoms with Crippen molar-refractivity contribution in [2.45, 2.75) is 25.2 Å². The summed E-state index contributed by atoms with van der Waals surface area (Å²) in [7, 11) is 0. The number of carbonyl (C=O) groups excluding carboxylic acids is 1. The second-order valence-corrected chi connectivity index (χ2v) is 5.72. The molecule has 1 amide bonds. The molecule has 1 aromatic rings. The van der Waals surface area contributed by atoms with Crippen LogP contribution >= 0.6 is 23.2 Å². The van der Waals surface area contributed by atoms with Gasteiger partial charge in [-0.25, -0.2) is 0 Å². The first-order valence-electron chi connectivity index (χ1n) is 6.56. The predicted molar refractivity (Wildman–Crippen MR) is 78.6 cm³/mol. The minimum Gasteiger partial charge on any atom is -0.356 e. The zero-order valence-corrected chi connectivity index (χ0v) is 12.2. The fourth-order valence-electron chi connectivity index (χ4n) is 2.21. The molecule has 19 heavy (non-hydrogen) atoms. The number of unbranched alkanes of at least 4 members (excludes halogenated alkanes) is 1. The van der Waals surface area contributed by atoms with Crippen molar-refractivity contribution in [3.8, 4) is 0 Å². The zero-order valence-electron chi connectivity index (χ0n) is 10.7. The topological polar surface area (TPSA) is 55.1 Å². The third-order valence-corrected chi connectivity index (χ3v) is 4.17. The number of hydrogen-bond acceptors (Lipinski definition) is 2. The number of nitrogens with two attached hydrogens (primary N) is 1. The highest BCUT2D eigenvalue weighted by molar-refractivity contribution is 6.42. The van der Waals surface area contributed by atoms with Gasteiger partial charge in [0.05, 0.1) is 10.0 Å². The van der Waals surface area contributed by atoms with Gasteiger partial charge in [0, 0.05) is 12.5 Å². The third-order valence-electron chi connectivity index (χ3n) is 3.43. The van der Waals surface area contributed by atoms with Gasteiger partial charge in [-0.1, -0.05) is 29.3 Å². The molecule has 0 radical (unpaired) electrons. The van der Waals surface area contributed by atoms with Crippen LogP contribution in [-0.4, -0.2) is 19.0 Å². The number of nitrogens with one attached hydrogen (secondary N) is 1. The molecule has 2 rings (SSSR count). The number of rotatable bonds is 6. The van der Waals surface area contributed by atoms with Crippen LogP contribution in [0.5, 0.6) is 0 Å². The van der Waals surface area contributed by atoms with E-state index in [2.05, 4.69) is 5.32 Å². The van der Waals surface area contributed by atoms with E-state index in [1.54, 1.807) is 6.07 Å². The van der Waals surface area contributed by atoms with E-state index in [4.69, 9.17) is 28.9 Å². The van der Waals surface area contributed by atoms with E-state index in [1.807, 2.05) is 12.1 Å². The summed E-state index contributed by atoms with van der Waals surface area (Å²) in [5.41, 5.74) is 6.50. The summed E-state index contributed by atoms with van der Waals surface area (Å²) in [5.74, 6) is 0.493. The molecule has 2 atom stereocenters. The molecule has 1 aliphatic rings. The first-order chi connectivity index (χ1) is 9.13. The van der Waals surface area contributed by atoms with Gasteiger partial charge in [0.2, 0.25) is 5.91 Å². The first kappa shape index (κ1) is 14.6. The Balaban J connectivity index is 1.83. The SMILES string of the molecule is NCCCCNC(=O)C1CC1c1ccc(Cl)c(Cl)c1. The van der Waals surface area contributed by atoms with Gasteiger partial charge in [0.15, 0.2) is 0 Å². The lowest BCUT2D eigenvalue weighted by molar-refractivity contribution is -0.122. The molecule has 0 spiro atoms. The molecule has 1 aliphatic carbocycles. The summed E-state index contributed by atoms with van der Waals surface area (Å²) in [4.78, 5) is 11.9. The van der Waals surface area contributed by atoms with Crippen LogP contribution in [0.2, 0.25) is 10.0 Å². The highest BCUT2D eigenvalue weighted by Crippen LogP contribution is 2.48. The summed E-state index contributed by atoms with van der Waals surface area (Å²) in [5, 5.41) is 4.05. The minimum absolute atomic E-state index is 0.0788. The largest absolute Gasteiger partial charge is 0.356 e. The number of benzene rings is 1. The van der Waals surface area contributed by atoms with Crippen LogP contribution in [0.3, 0.4) is 0 Å². The molecule has 0 aliphatic heterocycles. The smallest absolute Gasteiger partial charge is 0.223 e. The summed E-state index contributed by atoms with van der Waals surface area (Å²) in [6.07, 6.45) is 2.77. The van der Waals surface area contributed by atoms with E-state index in [1.165, 1.54) is 0 Å². The molecule has 1 fully saturated rings. The van der Waals surface area contributed by atoms with Crippen LogP contribution in [0, 0.1) is 5.92 Å². The molecule has 104 valence electrons. The normalized spacial score (nSPS) is 21.2. The van der Waals surface area contributed by atoms with E-state index >= 15 is 0 Å². The quantitative estimate of drug-likeness (QED) is 0.794. The second-order valence-electron chi connectivity index (χ2n) is 4.91. The standard InChI is InChI=1S/C14H18Cl2N2O/c15-12-4-3-9(7-13(12)16)10-8-11(10)14(19)18-6-2-1-5-17/h3-4,7,10-11H,1-2,5-6,8,17H2,(H,18,19). The lowest BCUT2D eigenvalue weighted by Crippen LogP contribution is -2.26. The Morgan fingerprint density at radius 1 is 1.32 bits per heavy atom. The van der Waals surface area contributed by atoms with E-state index in [0.717, 1.165) is 24.8 Å². The monoisotopic (exact) mass is 300 g/mol. The average molecular weight is 301 g/mol. The fraction of sp³-hybridized carbons (Fsp3) is 0.500. The molecule has 2 unspecified atom stereocenters. The van der Waals surface area contributed by atoms with Gasteiger partial charge in [-0.05, 0) is 49.4 Å². The van der Waals surface area contributed by atoms with Crippen LogP contribution < -0.4 is 11.1 Å². The van der Waals surface area contributed by atoms with Crippen molar-refractivity contribution < 1.29 is 4.79 Å². The van der Waals surface area contributed by atoms with Crippen LogP contribution in [0.15, 0.2) is 18.2 Å². The fourth-order valence-corrected chi connectivity index (χ4v) is 2.51. The van der Waals surface area contributed by atoms with Gasteiger partial charge in [-0.2, -0.15) is 0 Å². The summed E-state index contributed by atoms with van der Waals surface area (Å²) >= 11 is 11.9. The summed E-state index contributed by atoms with van der Waals surface area (Å²) in [6, 6.07) is 5.59. The molecular formula is C14H18Cl2N2O. The maximum Gasteiger partial charge on any atom is 0.223 e. The van der Waals surface area contributed by atoms with Crippen LogP contribution in [-0.2, 0) is 4.79 Å². The average Bonchev–Trinajstić information content (AvgIpc) is 3.18. The Hall–Kier alpha value is -0.770. The number of halogens is 2. The first-order valence-corrected chi connectivity index (χ1v) is 7.32. The van der Waals surface area contributed by atoms with Gasteiger partial charge in [0.1, 0.15) is 0 Å². The van der Waals surface area contributed by atoms with Crippen molar-refractivity contribution in [1.29, 1.82) is 0 Å². The number of hydrogen-bond donors (Lipinski definition) is 2. The van der Waals surface area contributed by atoms with Gasteiger partial charge < -0.3 is 11.1 Å². The Morgan fingerprint density at radius 2 is 2.11 bits per heavy atom. The maximum atomic E-state index is 11.9. The lowest BCUT2D eigenvalue weighted by atomic mass is 10.1. The van der Waals surface area contributed by atoms with Crippen molar-refractivity contribution in [3.63, 3.8) is 0 Å². The molecule has 1 saturated carbocycles. The van der Waals surface area contributed by atoms with E-state index < -0.39 is 0 Å². The molecule has 0 aromatic heterocycles. The molecule has 3 nitrogen and oxygen atoms in total. The van der Waals surface area contributed by atoms with Crippen molar-refractivity contribution >= 4 is 29.1 Å². The molecule has 0 heterocycles. The Bertz CT molecular complexity index is 465. The Labute approximate surface area is 123 Å². The van der Waals surface area contributed by atoms with Gasteiger partial charge in [0.25, 0.3) is 0 Å². The van der Waals surface area contributed by atoms with Gasteiger partial charge in [-0.15, -0.1) is 0 Å². The predicted octanol–water partition coefficient (Wildman–Crippen LogP) is 2.95. The van der Waals surface area contributed by atoms with Crippen LogP contribution in [0.1, 0.15) is 30.7 Å². The van der Waals surface area contributed by atoms with Crippen molar-refractivity contribution in [1.82, 2.24) is 5.32 Å². The van der Waals surface area contributed by atoms with Crippen LogP contribution in [0.25, 0.3) is 0 Å². The third kappa shape index (κ3) is 3.85. The van der Waals surface area contributed by atoms with E-state index in [9.17, 15) is 4.79 Å². The highest BCUT2D eigenvalue weighted by atomic mass is 35.5. The molecule has 1 aromatic carbocycles. The van der Waals surface area contributed by atoms with E-state index in [0.29, 0.717) is 23.1 Å². The maximum absolute atomic E-state index is 11.9. The van der Waals surface area contributed by atoms with Crippen LogP contribution in [0.4, 0.5) is 0 Å². The molecule has 5 heteroatoms. The zero-order chi connectivity index (χ0) is 13.8. The Morgan fingerprint density at radius 3 is 2.79 bits per heavy atom. The molecule has 0 bridgehead atoms. The molecule has 0 saturated heterocycles. The lowest BCUT2D eigenvalue weighted by Gasteiger charge is -2.05. The summed E-state index contributed by atoms with van der Waals surface area (Å²) in [6.45, 7) is 1.38. The van der Waals surface area contributed by atoms with Gasteiger partial charge >= 0.3 is 0 Å². The van der Waals surface area contributed by atoms with Crippen molar-refractivity contribution in [2.75, 3.05) is 13.1 Å². The van der Waals surface area contributed by atoms with E-state index in [-0.39, 0.29) is 17.7 Å². The van der Waals surface area contributed by atoms with Crippen molar-refractivity contribution in [3.05, 3.63) is 33.8 Å². The number of amides is 1. The Kier molecular flexibility index (Phi) is 5.08. The van der Waals surface area contributed by atoms with Gasteiger partial charge in [-0.3, -0.25) is 4.79 Å². The highest BCUT2D eigenvalue weighted by Gasteiger charge is 2.43.